The van der Waals surface area contributed by atoms with Gasteiger partial charge in [-0.2, -0.15) is 0 Å². The third-order valence-corrected chi connectivity index (χ3v) is 11.2. The summed E-state index contributed by atoms with van der Waals surface area (Å²) >= 11 is 0. The molecule has 1 aliphatic rings. The lowest BCUT2D eigenvalue weighted by atomic mass is 9.67. The number of fused-ring (bicyclic) bond motifs is 6. The lowest BCUT2D eigenvalue weighted by Crippen LogP contribution is -2.28. The minimum atomic E-state index is -0.525. The molecule has 10 aromatic rings. The molecule has 0 unspecified atom stereocenters. The zero-order valence-corrected chi connectivity index (χ0v) is 30.3. The van der Waals surface area contributed by atoms with Gasteiger partial charge < -0.3 is 4.42 Å². The highest BCUT2D eigenvalue weighted by Crippen LogP contribution is 2.57. The summed E-state index contributed by atoms with van der Waals surface area (Å²) in [6.45, 7) is 0. The van der Waals surface area contributed by atoms with Crippen molar-refractivity contribution in [2.45, 2.75) is 5.41 Å². The molecular formula is C52H33N3O. The molecule has 8 aromatic carbocycles. The van der Waals surface area contributed by atoms with Gasteiger partial charge in [0, 0.05) is 27.5 Å². The molecule has 0 N–H and O–H groups in total. The van der Waals surface area contributed by atoms with E-state index in [2.05, 4.69) is 127 Å². The van der Waals surface area contributed by atoms with Crippen molar-refractivity contribution >= 4 is 21.9 Å². The Morgan fingerprint density at radius 1 is 0.339 bits per heavy atom. The first-order valence-corrected chi connectivity index (χ1v) is 18.9. The van der Waals surface area contributed by atoms with E-state index in [-0.39, 0.29) is 0 Å². The van der Waals surface area contributed by atoms with Gasteiger partial charge in [-0.3, -0.25) is 0 Å². The molecule has 262 valence electrons. The van der Waals surface area contributed by atoms with Crippen molar-refractivity contribution in [3.8, 4) is 56.4 Å². The van der Waals surface area contributed by atoms with Crippen LogP contribution in [0.15, 0.2) is 205 Å². The topological polar surface area (TPSA) is 51.8 Å². The molecule has 2 heterocycles. The molecule has 11 rings (SSSR count). The first kappa shape index (κ1) is 32.0. The highest BCUT2D eigenvalue weighted by molar-refractivity contribution is 6.14. The van der Waals surface area contributed by atoms with E-state index >= 15 is 0 Å². The maximum absolute atomic E-state index is 6.66. The van der Waals surface area contributed by atoms with Gasteiger partial charge in [0.05, 0.1) is 5.41 Å². The van der Waals surface area contributed by atoms with Gasteiger partial charge in [-0.1, -0.05) is 176 Å². The van der Waals surface area contributed by atoms with E-state index in [0.717, 1.165) is 49.8 Å². The normalized spacial score (nSPS) is 12.8. The molecule has 0 aliphatic heterocycles. The lowest BCUT2D eigenvalue weighted by molar-refractivity contribution is 0.669. The summed E-state index contributed by atoms with van der Waals surface area (Å²) < 4.78 is 6.66. The third kappa shape index (κ3) is 4.96. The second-order valence-corrected chi connectivity index (χ2v) is 14.3. The number of rotatable bonds is 6. The fourth-order valence-corrected chi connectivity index (χ4v) is 8.76. The van der Waals surface area contributed by atoms with Crippen LogP contribution in [-0.4, -0.2) is 15.0 Å². The number of hydrogen-bond acceptors (Lipinski definition) is 4. The van der Waals surface area contributed by atoms with Gasteiger partial charge in [0.15, 0.2) is 17.5 Å². The van der Waals surface area contributed by atoms with E-state index in [1.807, 2.05) is 72.8 Å². The summed E-state index contributed by atoms with van der Waals surface area (Å²) in [7, 11) is 0. The van der Waals surface area contributed by atoms with Crippen LogP contribution in [0, 0.1) is 0 Å². The quantitative estimate of drug-likeness (QED) is 0.172. The molecule has 56 heavy (non-hydrogen) atoms. The SMILES string of the molecule is c1ccc(-c2nc(-c3ccccc3)nc(-c3cc(-c4ccc5c(c4)C(c4ccccc4)(c4ccccc4)c4ccccc4-5)c4c(c3)oc3ccccc34)n2)cc1. The van der Waals surface area contributed by atoms with Crippen LogP contribution < -0.4 is 0 Å². The van der Waals surface area contributed by atoms with Crippen LogP contribution >= 0.6 is 0 Å². The predicted molar refractivity (Wildman–Crippen MR) is 226 cm³/mol. The van der Waals surface area contributed by atoms with E-state index in [0.29, 0.717) is 17.5 Å². The number of hydrogen-bond donors (Lipinski definition) is 0. The van der Waals surface area contributed by atoms with Crippen LogP contribution in [0.5, 0.6) is 0 Å². The molecular weight excluding hydrogens is 683 g/mol. The fraction of sp³-hybridized carbons (Fsp3) is 0.0192. The minimum absolute atomic E-state index is 0.525. The number of para-hydroxylation sites is 1. The minimum Gasteiger partial charge on any atom is -0.456 e. The monoisotopic (exact) mass is 715 g/mol. The molecule has 0 radical (unpaired) electrons. The Hall–Kier alpha value is -7.43. The third-order valence-electron chi connectivity index (χ3n) is 11.2. The van der Waals surface area contributed by atoms with Crippen LogP contribution in [0.4, 0.5) is 0 Å². The highest BCUT2D eigenvalue weighted by atomic mass is 16.3. The summed E-state index contributed by atoms with van der Waals surface area (Å²) in [4.78, 5) is 15.2. The number of benzene rings is 8. The molecule has 4 heteroatoms. The summed E-state index contributed by atoms with van der Waals surface area (Å²) in [5.41, 5.74) is 13.4. The van der Waals surface area contributed by atoms with Crippen molar-refractivity contribution < 1.29 is 4.42 Å². The van der Waals surface area contributed by atoms with Crippen molar-refractivity contribution in [3.63, 3.8) is 0 Å². The van der Waals surface area contributed by atoms with Gasteiger partial charge in [-0.15, -0.1) is 0 Å². The molecule has 0 fully saturated rings. The van der Waals surface area contributed by atoms with Gasteiger partial charge in [0.1, 0.15) is 11.2 Å². The van der Waals surface area contributed by atoms with E-state index in [4.69, 9.17) is 19.4 Å². The van der Waals surface area contributed by atoms with Gasteiger partial charge in [-0.25, -0.2) is 15.0 Å². The number of aromatic nitrogens is 3. The molecule has 1 aliphatic carbocycles. The fourth-order valence-electron chi connectivity index (χ4n) is 8.76. The molecule has 4 nitrogen and oxygen atoms in total. The molecule has 0 saturated heterocycles. The van der Waals surface area contributed by atoms with Gasteiger partial charge >= 0.3 is 0 Å². The Kier molecular flexibility index (Phi) is 7.36. The van der Waals surface area contributed by atoms with Crippen LogP contribution in [0.1, 0.15) is 22.3 Å². The predicted octanol–water partition coefficient (Wildman–Crippen LogP) is 12.8. The number of nitrogens with zero attached hydrogens (tertiary/aromatic N) is 3. The van der Waals surface area contributed by atoms with E-state index in [1.165, 1.54) is 33.4 Å². The van der Waals surface area contributed by atoms with Crippen LogP contribution in [0.2, 0.25) is 0 Å². The summed E-state index contributed by atoms with van der Waals surface area (Å²) in [5.74, 6) is 1.82. The van der Waals surface area contributed by atoms with Gasteiger partial charge in [0.2, 0.25) is 0 Å². The zero-order chi connectivity index (χ0) is 37.1. The van der Waals surface area contributed by atoms with Crippen molar-refractivity contribution in [3.05, 3.63) is 222 Å². The molecule has 0 atom stereocenters. The van der Waals surface area contributed by atoms with Crippen molar-refractivity contribution in [2.75, 3.05) is 0 Å². The van der Waals surface area contributed by atoms with Crippen LogP contribution in [-0.2, 0) is 5.41 Å². The molecule has 0 amide bonds. The maximum atomic E-state index is 6.66. The average Bonchev–Trinajstić information content (AvgIpc) is 3.81. The molecule has 2 aromatic heterocycles. The smallest absolute Gasteiger partial charge is 0.164 e. The van der Waals surface area contributed by atoms with Crippen LogP contribution in [0.25, 0.3) is 78.4 Å². The average molecular weight is 716 g/mol. The molecule has 0 saturated carbocycles. The van der Waals surface area contributed by atoms with Crippen molar-refractivity contribution in [1.82, 2.24) is 15.0 Å². The Balaban J connectivity index is 1.20. The summed E-state index contributed by atoms with van der Waals surface area (Å²) in [6, 6.07) is 70.5. The Labute approximate surface area is 324 Å². The first-order valence-electron chi connectivity index (χ1n) is 18.9. The van der Waals surface area contributed by atoms with Crippen molar-refractivity contribution in [2.24, 2.45) is 0 Å². The highest BCUT2D eigenvalue weighted by Gasteiger charge is 2.46. The standard InChI is InChI=1S/C52H33N3O/c1-5-17-34(18-6-1)49-53-50(35-19-7-2-8-20-35)55-51(54-49)37-31-43(48-42-26-14-16-28-46(42)56-47(48)33-37)36-29-30-41-40-25-13-15-27-44(40)52(45(41)32-36,38-21-9-3-10-22-38)39-23-11-4-12-24-39/h1-33H. The summed E-state index contributed by atoms with van der Waals surface area (Å²) in [6.07, 6.45) is 0. The molecule has 0 spiro atoms. The van der Waals surface area contributed by atoms with E-state index < -0.39 is 5.41 Å². The number of furan rings is 1. The van der Waals surface area contributed by atoms with E-state index in [9.17, 15) is 0 Å². The van der Waals surface area contributed by atoms with E-state index in [1.54, 1.807) is 0 Å². The lowest BCUT2D eigenvalue weighted by Gasteiger charge is -2.34. The second kappa shape index (κ2) is 12.9. The second-order valence-electron chi connectivity index (χ2n) is 14.3. The van der Waals surface area contributed by atoms with Gasteiger partial charge in [0.25, 0.3) is 0 Å². The Morgan fingerprint density at radius 3 is 1.50 bits per heavy atom. The first-order chi connectivity index (χ1) is 27.8. The van der Waals surface area contributed by atoms with Crippen LogP contribution in [0.3, 0.4) is 0 Å². The Morgan fingerprint density at radius 2 is 0.857 bits per heavy atom. The molecule has 0 bridgehead atoms. The van der Waals surface area contributed by atoms with Gasteiger partial charge in [-0.05, 0) is 68.8 Å². The zero-order valence-electron chi connectivity index (χ0n) is 30.3. The van der Waals surface area contributed by atoms with Crippen molar-refractivity contribution in [1.29, 1.82) is 0 Å². The Bertz CT molecular complexity index is 2970. The largest absolute Gasteiger partial charge is 0.456 e. The summed E-state index contributed by atoms with van der Waals surface area (Å²) in [5, 5.41) is 2.13. The maximum Gasteiger partial charge on any atom is 0.164 e.